The number of ether oxygens (including phenoxy) is 1. The zero-order chi connectivity index (χ0) is 14.2. The number of nitrogens with zero attached hydrogens (tertiary/aromatic N) is 1. The van der Waals surface area contributed by atoms with Gasteiger partial charge in [0.1, 0.15) is 6.10 Å². The fourth-order valence-electron chi connectivity index (χ4n) is 2.19. The van der Waals surface area contributed by atoms with Crippen LogP contribution in [-0.2, 0) is 16.1 Å². The maximum absolute atomic E-state index is 11.8. The van der Waals surface area contributed by atoms with Gasteiger partial charge >= 0.3 is 0 Å². The highest BCUT2D eigenvalue weighted by molar-refractivity contribution is 5.85. The molecule has 1 atom stereocenters. The van der Waals surface area contributed by atoms with Crippen LogP contribution in [0.4, 0.5) is 0 Å². The number of hydrogen-bond acceptors (Lipinski definition) is 4. The average Bonchev–Trinajstić information content (AvgIpc) is 2.49. The quantitative estimate of drug-likeness (QED) is 0.806. The molecular formula is C15H25Cl2N3O2. The van der Waals surface area contributed by atoms with Crippen LogP contribution in [0.3, 0.4) is 0 Å². The topological polar surface area (TPSA) is 53.6 Å². The summed E-state index contributed by atoms with van der Waals surface area (Å²) in [6, 6.07) is 10.3. The summed E-state index contributed by atoms with van der Waals surface area (Å²) in [4.78, 5) is 14.0. The second kappa shape index (κ2) is 11.7. The summed E-state index contributed by atoms with van der Waals surface area (Å²) in [5, 5.41) is 6.07. The van der Waals surface area contributed by atoms with Crippen molar-refractivity contribution in [2.24, 2.45) is 0 Å². The average molecular weight is 350 g/mol. The molecule has 0 spiro atoms. The summed E-state index contributed by atoms with van der Waals surface area (Å²) < 4.78 is 5.40. The van der Waals surface area contributed by atoms with Crippen molar-refractivity contribution in [3.05, 3.63) is 35.9 Å². The fraction of sp³-hybridized carbons (Fsp3) is 0.533. The largest absolute Gasteiger partial charge is 0.366 e. The van der Waals surface area contributed by atoms with Gasteiger partial charge in [-0.1, -0.05) is 30.3 Å². The summed E-state index contributed by atoms with van der Waals surface area (Å²) in [5.74, 6) is -0.0229. The molecule has 0 radical (unpaired) electrons. The van der Waals surface area contributed by atoms with Gasteiger partial charge in [-0.3, -0.25) is 4.79 Å². The predicted molar refractivity (Wildman–Crippen MR) is 92.9 cm³/mol. The van der Waals surface area contributed by atoms with Crippen LogP contribution in [0.25, 0.3) is 0 Å². The Hall–Kier alpha value is -0.850. The van der Waals surface area contributed by atoms with E-state index in [1.54, 1.807) is 0 Å². The molecule has 0 aromatic heterocycles. The molecule has 1 aliphatic rings. The number of carbonyl (C=O) groups is 1. The third-order valence-electron chi connectivity index (χ3n) is 3.31. The standard InChI is InChI=1S/C15H23N3O2.2ClH/c1-18(12-13-5-3-2-4-6-13)9-7-17-15(19)14-11-16-8-10-20-14;;/h2-6,14,16H,7-12H2,1H3,(H,17,19);2*1H. The van der Waals surface area contributed by atoms with Gasteiger partial charge in [0.05, 0.1) is 6.61 Å². The first-order valence-electron chi connectivity index (χ1n) is 7.08. The molecule has 1 fully saturated rings. The highest BCUT2D eigenvalue weighted by atomic mass is 35.5. The number of likely N-dealkylation sites (N-methyl/N-ethyl adjacent to an activating group) is 1. The van der Waals surface area contributed by atoms with Crippen molar-refractivity contribution in [2.75, 3.05) is 39.8 Å². The minimum absolute atomic E-state index is 0. The van der Waals surface area contributed by atoms with E-state index in [4.69, 9.17) is 4.74 Å². The molecule has 1 heterocycles. The van der Waals surface area contributed by atoms with Crippen LogP contribution < -0.4 is 10.6 Å². The maximum Gasteiger partial charge on any atom is 0.250 e. The van der Waals surface area contributed by atoms with Crippen LogP contribution in [-0.4, -0.2) is 56.7 Å². The monoisotopic (exact) mass is 349 g/mol. The Kier molecular flexibility index (Phi) is 11.2. The minimum atomic E-state index is -0.344. The van der Waals surface area contributed by atoms with E-state index in [9.17, 15) is 4.79 Å². The molecule has 1 amide bonds. The Morgan fingerprint density at radius 2 is 2.09 bits per heavy atom. The second-order valence-corrected chi connectivity index (χ2v) is 5.08. The van der Waals surface area contributed by atoms with Gasteiger partial charge in [-0.2, -0.15) is 0 Å². The van der Waals surface area contributed by atoms with Crippen LogP contribution in [0.5, 0.6) is 0 Å². The van der Waals surface area contributed by atoms with E-state index in [1.807, 2.05) is 18.2 Å². The van der Waals surface area contributed by atoms with Gasteiger partial charge in [0.2, 0.25) is 0 Å². The Bertz CT molecular complexity index is 415. The summed E-state index contributed by atoms with van der Waals surface area (Å²) in [7, 11) is 2.05. The molecule has 1 saturated heterocycles. The molecule has 2 N–H and O–H groups in total. The van der Waals surface area contributed by atoms with Crippen molar-refractivity contribution in [3.8, 4) is 0 Å². The molecule has 1 aromatic carbocycles. The van der Waals surface area contributed by atoms with Crippen molar-refractivity contribution in [3.63, 3.8) is 0 Å². The second-order valence-electron chi connectivity index (χ2n) is 5.08. The first-order valence-corrected chi connectivity index (χ1v) is 7.08. The lowest BCUT2D eigenvalue weighted by molar-refractivity contribution is -0.134. The van der Waals surface area contributed by atoms with Gasteiger partial charge in [0.15, 0.2) is 0 Å². The summed E-state index contributed by atoms with van der Waals surface area (Å²) in [6.45, 7) is 4.38. The number of morpholine rings is 1. The molecule has 2 rings (SSSR count). The molecule has 22 heavy (non-hydrogen) atoms. The van der Waals surface area contributed by atoms with Crippen LogP contribution >= 0.6 is 24.8 Å². The van der Waals surface area contributed by atoms with Crippen molar-refractivity contribution < 1.29 is 9.53 Å². The molecule has 1 unspecified atom stereocenters. The van der Waals surface area contributed by atoms with E-state index < -0.39 is 0 Å². The van der Waals surface area contributed by atoms with Crippen molar-refractivity contribution in [2.45, 2.75) is 12.6 Å². The van der Waals surface area contributed by atoms with Gasteiger partial charge in [-0.15, -0.1) is 24.8 Å². The number of benzene rings is 1. The number of rotatable bonds is 6. The number of nitrogens with one attached hydrogen (secondary N) is 2. The van der Waals surface area contributed by atoms with Crippen molar-refractivity contribution >= 4 is 30.7 Å². The first kappa shape index (κ1) is 21.1. The number of halogens is 2. The Morgan fingerprint density at radius 3 is 2.73 bits per heavy atom. The highest BCUT2D eigenvalue weighted by Crippen LogP contribution is 2.01. The van der Waals surface area contributed by atoms with Gasteiger partial charge in [0, 0.05) is 32.7 Å². The number of amides is 1. The maximum atomic E-state index is 11.8. The van der Waals surface area contributed by atoms with E-state index in [1.165, 1.54) is 5.56 Å². The minimum Gasteiger partial charge on any atom is -0.366 e. The lowest BCUT2D eigenvalue weighted by atomic mass is 10.2. The zero-order valence-corrected chi connectivity index (χ0v) is 14.4. The first-order chi connectivity index (χ1) is 9.75. The lowest BCUT2D eigenvalue weighted by Gasteiger charge is -2.23. The number of hydrogen-bond donors (Lipinski definition) is 2. The van der Waals surface area contributed by atoms with Gasteiger partial charge in [-0.05, 0) is 12.6 Å². The van der Waals surface area contributed by atoms with Crippen molar-refractivity contribution in [1.29, 1.82) is 0 Å². The van der Waals surface area contributed by atoms with Crippen LogP contribution in [0.2, 0.25) is 0 Å². The van der Waals surface area contributed by atoms with Crippen molar-refractivity contribution in [1.82, 2.24) is 15.5 Å². The van der Waals surface area contributed by atoms with Crippen LogP contribution in [0.15, 0.2) is 30.3 Å². The molecule has 126 valence electrons. The third kappa shape index (κ3) is 7.42. The Morgan fingerprint density at radius 1 is 1.36 bits per heavy atom. The molecule has 0 saturated carbocycles. The summed E-state index contributed by atoms with van der Waals surface area (Å²) >= 11 is 0. The molecule has 0 aliphatic carbocycles. The zero-order valence-electron chi connectivity index (χ0n) is 12.8. The van der Waals surface area contributed by atoms with Gasteiger partial charge in [0.25, 0.3) is 5.91 Å². The Labute approximate surface area is 144 Å². The van der Waals surface area contributed by atoms with Crippen LogP contribution in [0.1, 0.15) is 5.56 Å². The third-order valence-corrected chi connectivity index (χ3v) is 3.31. The van der Waals surface area contributed by atoms with E-state index in [2.05, 4.69) is 34.7 Å². The van der Waals surface area contributed by atoms with E-state index >= 15 is 0 Å². The van der Waals surface area contributed by atoms with E-state index in [-0.39, 0.29) is 36.8 Å². The Balaban J connectivity index is 0.00000220. The molecule has 1 aliphatic heterocycles. The SMILES string of the molecule is CN(CCNC(=O)C1CNCCO1)Cc1ccccc1.Cl.Cl. The van der Waals surface area contributed by atoms with E-state index in [0.29, 0.717) is 19.7 Å². The molecule has 0 bridgehead atoms. The molecule has 5 nitrogen and oxygen atoms in total. The molecular weight excluding hydrogens is 325 g/mol. The highest BCUT2D eigenvalue weighted by Gasteiger charge is 2.20. The smallest absolute Gasteiger partial charge is 0.250 e. The summed E-state index contributed by atoms with van der Waals surface area (Å²) in [6.07, 6.45) is -0.344. The van der Waals surface area contributed by atoms with Crippen LogP contribution in [0, 0.1) is 0 Å². The normalized spacial score (nSPS) is 17.3. The molecule has 7 heteroatoms. The van der Waals surface area contributed by atoms with Gasteiger partial charge < -0.3 is 20.3 Å². The fourth-order valence-corrected chi connectivity index (χ4v) is 2.19. The number of carbonyl (C=O) groups excluding carboxylic acids is 1. The van der Waals surface area contributed by atoms with E-state index in [0.717, 1.165) is 19.6 Å². The summed E-state index contributed by atoms with van der Waals surface area (Å²) in [5.41, 5.74) is 1.28. The predicted octanol–water partition coefficient (Wildman–Crippen LogP) is 1.07. The molecule has 1 aromatic rings. The van der Waals surface area contributed by atoms with Gasteiger partial charge in [-0.25, -0.2) is 0 Å². The lowest BCUT2D eigenvalue weighted by Crippen LogP contribution is -2.48.